The van der Waals surface area contributed by atoms with Crippen molar-refractivity contribution >= 4 is 11.8 Å². The third-order valence-electron chi connectivity index (χ3n) is 4.48. The molecule has 0 N–H and O–H groups in total. The van der Waals surface area contributed by atoms with Crippen LogP contribution in [-0.4, -0.2) is 53.3 Å². The van der Waals surface area contributed by atoms with E-state index in [0.29, 0.717) is 25.2 Å². The number of carbonyl (C=O) groups is 2. The summed E-state index contributed by atoms with van der Waals surface area (Å²) in [7, 11) is 1.62. The molecule has 0 aliphatic carbocycles. The van der Waals surface area contributed by atoms with E-state index >= 15 is 0 Å². The van der Waals surface area contributed by atoms with Crippen LogP contribution >= 0.6 is 0 Å². The average Bonchev–Trinajstić information content (AvgIpc) is 2.67. The second kappa shape index (κ2) is 7.34. The van der Waals surface area contributed by atoms with Crippen LogP contribution in [0.4, 0.5) is 0 Å². The summed E-state index contributed by atoms with van der Waals surface area (Å²) >= 11 is 0. The van der Waals surface area contributed by atoms with E-state index in [-0.39, 0.29) is 17.9 Å². The molecule has 1 saturated heterocycles. The molecule has 2 heterocycles. The summed E-state index contributed by atoms with van der Waals surface area (Å²) in [5.74, 6) is 0.710. The Balaban J connectivity index is 1.84. The molecule has 0 bridgehead atoms. The van der Waals surface area contributed by atoms with E-state index in [2.05, 4.69) is 4.98 Å². The fraction of sp³-hybridized carbons (Fsp3) is 0.316. The van der Waals surface area contributed by atoms with Crippen LogP contribution in [-0.2, 0) is 4.79 Å². The largest absolute Gasteiger partial charge is 0.497 e. The van der Waals surface area contributed by atoms with Crippen LogP contribution in [0.1, 0.15) is 28.9 Å². The lowest BCUT2D eigenvalue weighted by atomic mass is 10.0. The average molecular weight is 339 g/mol. The van der Waals surface area contributed by atoms with Crippen molar-refractivity contribution in [2.24, 2.45) is 0 Å². The van der Waals surface area contributed by atoms with Gasteiger partial charge in [0.15, 0.2) is 0 Å². The van der Waals surface area contributed by atoms with Crippen molar-refractivity contribution in [3.63, 3.8) is 0 Å². The fourth-order valence-electron chi connectivity index (χ4n) is 3.13. The second-order valence-corrected chi connectivity index (χ2v) is 5.99. The van der Waals surface area contributed by atoms with Gasteiger partial charge in [-0.25, -0.2) is 0 Å². The zero-order valence-electron chi connectivity index (χ0n) is 14.4. The minimum absolute atomic E-state index is 0.00861. The van der Waals surface area contributed by atoms with E-state index in [0.717, 1.165) is 11.3 Å². The topological polar surface area (TPSA) is 62.7 Å². The summed E-state index contributed by atoms with van der Waals surface area (Å²) < 4.78 is 5.20. The quantitative estimate of drug-likeness (QED) is 0.859. The van der Waals surface area contributed by atoms with Crippen LogP contribution < -0.4 is 4.74 Å². The summed E-state index contributed by atoms with van der Waals surface area (Å²) in [4.78, 5) is 32.4. The molecule has 1 aliphatic heterocycles. The molecule has 1 aromatic carbocycles. The lowest BCUT2D eigenvalue weighted by Crippen LogP contribution is -2.51. The third-order valence-corrected chi connectivity index (χ3v) is 4.48. The van der Waals surface area contributed by atoms with Crippen molar-refractivity contribution in [1.29, 1.82) is 0 Å². The number of aromatic nitrogens is 1. The van der Waals surface area contributed by atoms with Gasteiger partial charge in [0.05, 0.1) is 18.7 Å². The highest BCUT2D eigenvalue weighted by atomic mass is 16.5. The summed E-state index contributed by atoms with van der Waals surface area (Å²) in [5, 5.41) is 0. The molecule has 0 spiro atoms. The van der Waals surface area contributed by atoms with Crippen molar-refractivity contribution in [2.45, 2.75) is 13.0 Å². The van der Waals surface area contributed by atoms with Crippen molar-refractivity contribution < 1.29 is 14.3 Å². The smallest absolute Gasteiger partial charge is 0.255 e. The zero-order valence-corrected chi connectivity index (χ0v) is 14.4. The minimum Gasteiger partial charge on any atom is -0.497 e. The van der Waals surface area contributed by atoms with Crippen LogP contribution in [0, 0.1) is 0 Å². The number of methoxy groups -OCH3 is 1. The fourth-order valence-corrected chi connectivity index (χ4v) is 3.13. The van der Waals surface area contributed by atoms with E-state index in [4.69, 9.17) is 4.74 Å². The van der Waals surface area contributed by atoms with E-state index in [1.54, 1.807) is 43.5 Å². The molecule has 1 aromatic heterocycles. The van der Waals surface area contributed by atoms with Gasteiger partial charge in [-0.3, -0.25) is 14.6 Å². The van der Waals surface area contributed by atoms with Gasteiger partial charge in [0.25, 0.3) is 5.91 Å². The van der Waals surface area contributed by atoms with Crippen molar-refractivity contribution in [3.05, 3.63) is 59.9 Å². The monoisotopic (exact) mass is 339 g/mol. The first kappa shape index (κ1) is 17.0. The normalized spacial score (nSPS) is 17.3. The number of nitrogens with zero attached hydrogens (tertiary/aromatic N) is 3. The standard InChI is InChI=1S/C19H21N3O3/c1-14(23)22-11-10-21(19(24)16-4-3-9-20-12-16)13-18(22)15-5-7-17(25-2)8-6-15/h3-9,12,18H,10-11,13H2,1-2H3/t18-/m0/s1. The second-order valence-electron chi connectivity index (χ2n) is 5.99. The van der Waals surface area contributed by atoms with Gasteiger partial charge in [-0.15, -0.1) is 0 Å². The molecular weight excluding hydrogens is 318 g/mol. The highest BCUT2D eigenvalue weighted by molar-refractivity contribution is 5.94. The van der Waals surface area contributed by atoms with Gasteiger partial charge in [0, 0.05) is 39.0 Å². The molecule has 1 atom stereocenters. The first-order valence-electron chi connectivity index (χ1n) is 8.20. The Labute approximate surface area is 147 Å². The summed E-state index contributed by atoms with van der Waals surface area (Å²) in [6.45, 7) is 3.05. The molecule has 6 heteroatoms. The van der Waals surface area contributed by atoms with Gasteiger partial charge in [0.1, 0.15) is 5.75 Å². The first-order valence-corrected chi connectivity index (χ1v) is 8.20. The summed E-state index contributed by atoms with van der Waals surface area (Å²) in [5.41, 5.74) is 1.55. The van der Waals surface area contributed by atoms with Crippen LogP contribution in [0.2, 0.25) is 0 Å². The predicted octanol–water partition coefficient (Wildman–Crippen LogP) is 2.14. The summed E-state index contributed by atoms with van der Waals surface area (Å²) in [6.07, 6.45) is 3.21. The number of hydrogen-bond acceptors (Lipinski definition) is 4. The van der Waals surface area contributed by atoms with Crippen LogP contribution in [0.3, 0.4) is 0 Å². The Morgan fingerprint density at radius 2 is 1.92 bits per heavy atom. The number of pyridine rings is 1. The van der Waals surface area contributed by atoms with Crippen molar-refractivity contribution in [2.75, 3.05) is 26.7 Å². The number of piperazine rings is 1. The molecule has 130 valence electrons. The van der Waals surface area contributed by atoms with Gasteiger partial charge in [-0.2, -0.15) is 0 Å². The Hall–Kier alpha value is -2.89. The number of hydrogen-bond donors (Lipinski definition) is 0. The molecular formula is C19H21N3O3. The van der Waals surface area contributed by atoms with E-state index in [1.165, 1.54) is 0 Å². The Kier molecular flexibility index (Phi) is 4.97. The highest BCUT2D eigenvalue weighted by Gasteiger charge is 2.32. The molecule has 0 saturated carbocycles. The zero-order chi connectivity index (χ0) is 17.8. The molecule has 2 aromatic rings. The number of ether oxygens (including phenoxy) is 1. The van der Waals surface area contributed by atoms with E-state index in [9.17, 15) is 9.59 Å². The maximum absolute atomic E-state index is 12.7. The number of carbonyl (C=O) groups excluding carboxylic acids is 2. The first-order chi connectivity index (χ1) is 12.1. The maximum Gasteiger partial charge on any atom is 0.255 e. The summed E-state index contributed by atoms with van der Waals surface area (Å²) in [6, 6.07) is 11.0. The van der Waals surface area contributed by atoms with E-state index < -0.39 is 0 Å². The Morgan fingerprint density at radius 1 is 1.16 bits per heavy atom. The lowest BCUT2D eigenvalue weighted by Gasteiger charge is -2.41. The van der Waals surface area contributed by atoms with Crippen LogP contribution in [0.5, 0.6) is 5.75 Å². The van der Waals surface area contributed by atoms with Gasteiger partial charge in [0.2, 0.25) is 5.91 Å². The molecule has 1 aliphatic rings. The third kappa shape index (κ3) is 3.63. The number of benzene rings is 1. The van der Waals surface area contributed by atoms with Gasteiger partial charge >= 0.3 is 0 Å². The van der Waals surface area contributed by atoms with Crippen molar-refractivity contribution in [3.8, 4) is 5.75 Å². The minimum atomic E-state index is -0.169. The number of rotatable bonds is 3. The molecule has 6 nitrogen and oxygen atoms in total. The van der Waals surface area contributed by atoms with Crippen molar-refractivity contribution in [1.82, 2.24) is 14.8 Å². The Bertz CT molecular complexity index is 746. The molecule has 25 heavy (non-hydrogen) atoms. The molecule has 0 radical (unpaired) electrons. The molecule has 0 unspecified atom stereocenters. The molecule has 1 fully saturated rings. The van der Waals surface area contributed by atoms with Crippen LogP contribution in [0.25, 0.3) is 0 Å². The maximum atomic E-state index is 12.7. The predicted molar refractivity (Wildman–Crippen MR) is 93.3 cm³/mol. The SMILES string of the molecule is COc1ccc([C@@H]2CN(C(=O)c3cccnc3)CCN2C(C)=O)cc1. The van der Waals surface area contributed by atoms with Gasteiger partial charge in [-0.05, 0) is 29.8 Å². The van der Waals surface area contributed by atoms with E-state index in [1.807, 2.05) is 29.2 Å². The lowest BCUT2D eigenvalue weighted by molar-refractivity contribution is -0.133. The van der Waals surface area contributed by atoms with Gasteiger partial charge in [-0.1, -0.05) is 12.1 Å². The van der Waals surface area contributed by atoms with Gasteiger partial charge < -0.3 is 14.5 Å². The Morgan fingerprint density at radius 3 is 2.52 bits per heavy atom. The molecule has 3 rings (SSSR count). The van der Waals surface area contributed by atoms with Crippen LogP contribution in [0.15, 0.2) is 48.8 Å². The molecule has 2 amide bonds. The highest BCUT2D eigenvalue weighted by Crippen LogP contribution is 2.27. The number of amides is 2.